The number of rotatable bonds is 5. The van der Waals surface area contributed by atoms with Crippen LogP contribution in [0.25, 0.3) is 0 Å². The van der Waals surface area contributed by atoms with Crippen LogP contribution in [0.5, 0.6) is 0 Å². The summed E-state index contributed by atoms with van der Waals surface area (Å²) in [5.74, 6) is -4.17. The highest BCUT2D eigenvalue weighted by atomic mass is 32.2. The zero-order valence-electron chi connectivity index (χ0n) is 7.61. The summed E-state index contributed by atoms with van der Waals surface area (Å²) < 4.78 is 27.2. The van der Waals surface area contributed by atoms with Gasteiger partial charge in [0.15, 0.2) is 6.10 Å². The van der Waals surface area contributed by atoms with E-state index in [2.05, 4.69) is 0 Å². The van der Waals surface area contributed by atoms with Gasteiger partial charge in [0.25, 0.3) is 10.1 Å². The predicted octanol–water partition coefficient (Wildman–Crippen LogP) is -1.45. The van der Waals surface area contributed by atoms with Gasteiger partial charge in [0.1, 0.15) is 0 Å². The van der Waals surface area contributed by atoms with Crippen molar-refractivity contribution in [3.63, 3.8) is 0 Å². The number of hydrogen-bond donors (Lipinski definition) is 4. The Kier molecular flexibility index (Phi) is 3.80. The zero-order chi connectivity index (χ0) is 12.4. The lowest BCUT2D eigenvalue weighted by atomic mass is 9.98. The molecule has 0 aromatic rings. The van der Waals surface area contributed by atoms with Crippen LogP contribution in [0.15, 0.2) is 0 Å². The minimum Gasteiger partial charge on any atom is -0.480 e. The number of carboxylic acid groups (broad SMARTS) is 2. The van der Waals surface area contributed by atoms with E-state index in [1.807, 2.05) is 0 Å². The van der Waals surface area contributed by atoms with E-state index in [0.29, 0.717) is 0 Å². The first-order valence-corrected chi connectivity index (χ1v) is 5.16. The van der Waals surface area contributed by atoms with Gasteiger partial charge < -0.3 is 15.3 Å². The molecule has 0 bridgehead atoms. The summed E-state index contributed by atoms with van der Waals surface area (Å²) in [6.07, 6.45) is -3.52. The molecule has 0 spiro atoms. The molecular formula is C6H10O8S. The van der Waals surface area contributed by atoms with Gasteiger partial charge in [0.05, 0.1) is 0 Å². The molecule has 0 heterocycles. The Morgan fingerprint density at radius 1 is 1.33 bits per heavy atom. The van der Waals surface area contributed by atoms with Gasteiger partial charge in [-0.2, -0.15) is 8.42 Å². The molecular weight excluding hydrogens is 232 g/mol. The third-order valence-electron chi connectivity index (χ3n) is 2.02. The zero-order valence-corrected chi connectivity index (χ0v) is 8.43. The standard InChI is InChI=1S/C6H10O8S/c1-2-6(5(10)11,15(12,13)14)3(7)4(8)9/h3,7H,2H2,1H3,(H,8,9)(H,10,11)(H,12,13,14). The first-order chi connectivity index (χ1) is 6.61. The van der Waals surface area contributed by atoms with Crippen LogP contribution >= 0.6 is 0 Å². The number of hydrogen-bond acceptors (Lipinski definition) is 5. The number of carboxylic acids is 2. The SMILES string of the molecule is CCC(C(=O)O)(C(O)C(=O)O)S(=O)(=O)O. The fourth-order valence-electron chi connectivity index (χ4n) is 1.09. The maximum Gasteiger partial charge on any atom is 0.334 e. The van der Waals surface area contributed by atoms with Crippen molar-refractivity contribution in [2.75, 3.05) is 0 Å². The van der Waals surface area contributed by atoms with E-state index in [0.717, 1.165) is 6.92 Å². The van der Waals surface area contributed by atoms with Gasteiger partial charge in [-0.25, -0.2) is 4.79 Å². The maximum atomic E-state index is 10.8. The van der Waals surface area contributed by atoms with Crippen LogP contribution in [0.4, 0.5) is 0 Å². The monoisotopic (exact) mass is 242 g/mol. The van der Waals surface area contributed by atoms with Crippen molar-refractivity contribution in [1.29, 1.82) is 0 Å². The second-order valence-electron chi connectivity index (χ2n) is 2.76. The van der Waals surface area contributed by atoms with Crippen LogP contribution in [0.2, 0.25) is 0 Å². The van der Waals surface area contributed by atoms with Gasteiger partial charge in [0, 0.05) is 0 Å². The van der Waals surface area contributed by atoms with E-state index in [4.69, 9.17) is 19.9 Å². The first kappa shape index (κ1) is 13.8. The van der Waals surface area contributed by atoms with Crippen molar-refractivity contribution in [2.24, 2.45) is 0 Å². The van der Waals surface area contributed by atoms with Crippen molar-refractivity contribution < 1.29 is 37.9 Å². The lowest BCUT2D eigenvalue weighted by Crippen LogP contribution is -2.58. The molecule has 0 aromatic heterocycles. The molecule has 0 aliphatic carbocycles. The van der Waals surface area contributed by atoms with Crippen molar-refractivity contribution in [3.05, 3.63) is 0 Å². The largest absolute Gasteiger partial charge is 0.480 e. The molecule has 0 rings (SSSR count). The quantitative estimate of drug-likeness (QED) is 0.428. The summed E-state index contributed by atoms with van der Waals surface area (Å²) in [4.78, 5) is 21.0. The molecule has 2 atom stereocenters. The van der Waals surface area contributed by atoms with Crippen LogP contribution in [-0.4, -0.2) is 51.1 Å². The van der Waals surface area contributed by atoms with Crippen molar-refractivity contribution in [3.8, 4) is 0 Å². The molecule has 0 radical (unpaired) electrons. The van der Waals surface area contributed by atoms with Crippen LogP contribution in [-0.2, 0) is 19.7 Å². The molecule has 15 heavy (non-hydrogen) atoms. The van der Waals surface area contributed by atoms with E-state index in [1.165, 1.54) is 0 Å². The van der Waals surface area contributed by atoms with E-state index in [1.54, 1.807) is 0 Å². The summed E-state index contributed by atoms with van der Waals surface area (Å²) in [7, 11) is -5.25. The average molecular weight is 242 g/mol. The van der Waals surface area contributed by atoms with E-state index < -0.39 is 39.3 Å². The second-order valence-corrected chi connectivity index (χ2v) is 4.44. The Bertz CT molecular complexity index is 371. The van der Waals surface area contributed by atoms with E-state index in [9.17, 15) is 18.0 Å². The van der Waals surface area contributed by atoms with E-state index >= 15 is 0 Å². The number of aliphatic hydroxyl groups excluding tert-OH is 1. The number of carbonyl (C=O) groups is 2. The van der Waals surface area contributed by atoms with Gasteiger partial charge in [0.2, 0.25) is 4.75 Å². The summed E-state index contributed by atoms with van der Waals surface area (Å²) in [6.45, 7) is 1.02. The highest BCUT2D eigenvalue weighted by Gasteiger charge is 2.58. The van der Waals surface area contributed by atoms with Crippen LogP contribution < -0.4 is 0 Å². The topological polar surface area (TPSA) is 149 Å². The molecule has 0 saturated carbocycles. The predicted molar refractivity (Wildman–Crippen MR) is 45.8 cm³/mol. The molecule has 8 nitrogen and oxygen atoms in total. The lowest BCUT2D eigenvalue weighted by molar-refractivity contribution is -0.157. The normalized spacial score (nSPS) is 17.8. The van der Waals surface area contributed by atoms with Gasteiger partial charge in [-0.3, -0.25) is 9.35 Å². The molecule has 2 unspecified atom stereocenters. The van der Waals surface area contributed by atoms with Crippen LogP contribution in [0, 0.1) is 0 Å². The molecule has 0 aliphatic heterocycles. The molecule has 0 aliphatic rings. The van der Waals surface area contributed by atoms with Crippen molar-refractivity contribution in [2.45, 2.75) is 24.2 Å². The summed E-state index contributed by atoms with van der Waals surface area (Å²) in [6, 6.07) is 0. The molecule has 88 valence electrons. The minimum absolute atomic E-state index is 0.783. The fourth-order valence-corrected chi connectivity index (χ4v) is 2.06. The van der Waals surface area contributed by atoms with Gasteiger partial charge in [-0.1, -0.05) is 6.92 Å². The molecule has 4 N–H and O–H groups in total. The Balaban J connectivity index is 5.79. The molecule has 0 saturated heterocycles. The molecule has 0 aromatic carbocycles. The Morgan fingerprint density at radius 3 is 1.80 bits per heavy atom. The minimum atomic E-state index is -5.25. The first-order valence-electron chi connectivity index (χ1n) is 3.72. The maximum absolute atomic E-state index is 10.8. The highest BCUT2D eigenvalue weighted by molar-refractivity contribution is 7.88. The van der Waals surface area contributed by atoms with Crippen molar-refractivity contribution >= 4 is 22.1 Å². The fraction of sp³-hybridized carbons (Fsp3) is 0.667. The summed E-state index contributed by atoms with van der Waals surface area (Å²) in [5, 5.41) is 26.0. The van der Waals surface area contributed by atoms with Crippen molar-refractivity contribution in [1.82, 2.24) is 0 Å². The van der Waals surface area contributed by atoms with Crippen LogP contribution in [0.1, 0.15) is 13.3 Å². The highest BCUT2D eigenvalue weighted by Crippen LogP contribution is 2.26. The number of aliphatic carboxylic acids is 2. The summed E-state index contributed by atoms with van der Waals surface area (Å²) in [5.41, 5.74) is 0. The van der Waals surface area contributed by atoms with Gasteiger partial charge >= 0.3 is 11.9 Å². The van der Waals surface area contributed by atoms with Crippen LogP contribution in [0.3, 0.4) is 0 Å². The Labute approximate surface area is 84.9 Å². The molecule has 0 fully saturated rings. The van der Waals surface area contributed by atoms with E-state index in [-0.39, 0.29) is 0 Å². The number of aliphatic hydroxyl groups is 1. The summed E-state index contributed by atoms with van der Waals surface area (Å²) >= 11 is 0. The van der Waals surface area contributed by atoms with Gasteiger partial charge in [-0.15, -0.1) is 0 Å². The third-order valence-corrected chi connectivity index (χ3v) is 3.63. The molecule has 9 heteroatoms. The second kappa shape index (κ2) is 4.13. The smallest absolute Gasteiger partial charge is 0.334 e. The molecule has 0 amide bonds. The lowest BCUT2D eigenvalue weighted by Gasteiger charge is -2.26. The van der Waals surface area contributed by atoms with Gasteiger partial charge in [-0.05, 0) is 6.42 Å². The Morgan fingerprint density at radius 2 is 1.73 bits per heavy atom. The Hall–Kier alpha value is -1.19. The average Bonchev–Trinajstić information content (AvgIpc) is 2.02. The third kappa shape index (κ3) is 2.08.